The van der Waals surface area contributed by atoms with E-state index in [-0.39, 0.29) is 0 Å². The summed E-state index contributed by atoms with van der Waals surface area (Å²) in [6.45, 7) is 0.661. The molecule has 0 aliphatic rings. The Hall–Kier alpha value is -2.70. The van der Waals surface area contributed by atoms with Gasteiger partial charge in [-0.3, -0.25) is 4.68 Å². The molecule has 7 heteroatoms. The second-order valence-electron chi connectivity index (χ2n) is 3.92. The molecule has 0 N–H and O–H groups in total. The first-order chi connectivity index (χ1) is 9.42. The van der Waals surface area contributed by atoms with Crippen LogP contribution in [-0.4, -0.2) is 35.4 Å². The molecule has 0 bridgehead atoms. The fourth-order valence-electron chi connectivity index (χ4n) is 1.62. The third-order valence-corrected chi connectivity index (χ3v) is 2.59. The second kappa shape index (κ2) is 5.30. The lowest BCUT2D eigenvalue weighted by molar-refractivity contribution is 0.567. The minimum Gasteiger partial charge on any atom is -0.252 e. The number of nitrogens with zero attached hydrogens (tertiary/aromatic N) is 7. The van der Waals surface area contributed by atoms with E-state index in [0.717, 1.165) is 5.56 Å². The number of aryl methyl sites for hydroxylation is 2. The maximum Gasteiger partial charge on any atom is 0.203 e. The molecule has 3 aromatic rings. The van der Waals surface area contributed by atoms with Crippen molar-refractivity contribution < 1.29 is 0 Å². The Morgan fingerprint density at radius 3 is 2.42 bits per heavy atom. The highest BCUT2D eigenvalue weighted by molar-refractivity contribution is 5.52. The van der Waals surface area contributed by atoms with E-state index >= 15 is 0 Å². The molecule has 19 heavy (non-hydrogen) atoms. The Balaban J connectivity index is 1.69. The van der Waals surface area contributed by atoms with Crippen molar-refractivity contribution in [2.24, 2.45) is 0 Å². The first-order valence-electron chi connectivity index (χ1n) is 5.87. The molecule has 0 aliphatic heterocycles. The first-order valence-corrected chi connectivity index (χ1v) is 5.87. The summed E-state index contributed by atoms with van der Waals surface area (Å²) in [6.07, 6.45) is 4.05. The molecule has 3 rings (SSSR count). The third-order valence-electron chi connectivity index (χ3n) is 2.59. The van der Waals surface area contributed by atoms with Crippen molar-refractivity contribution in [1.82, 2.24) is 35.4 Å². The van der Waals surface area contributed by atoms with Crippen molar-refractivity contribution in [2.45, 2.75) is 13.0 Å². The van der Waals surface area contributed by atoms with Gasteiger partial charge in [0.2, 0.25) is 5.82 Å². The highest BCUT2D eigenvalue weighted by Crippen LogP contribution is 2.11. The van der Waals surface area contributed by atoms with Gasteiger partial charge in [0.15, 0.2) is 5.82 Å². The van der Waals surface area contributed by atoms with E-state index < -0.39 is 0 Å². The number of hydrogen-bond donors (Lipinski definition) is 0. The van der Waals surface area contributed by atoms with E-state index in [9.17, 15) is 0 Å². The molecule has 0 saturated heterocycles. The fourth-order valence-corrected chi connectivity index (χ4v) is 1.62. The minimum absolute atomic E-state index is 0.533. The van der Waals surface area contributed by atoms with Gasteiger partial charge in [-0.25, -0.2) is 0 Å². The zero-order valence-corrected chi connectivity index (χ0v) is 10.1. The molecule has 0 saturated carbocycles. The third kappa shape index (κ3) is 2.76. The molecular weight excluding hydrogens is 242 g/mol. The number of rotatable bonds is 4. The van der Waals surface area contributed by atoms with E-state index in [1.165, 1.54) is 0 Å². The molecule has 0 fully saturated rings. The van der Waals surface area contributed by atoms with Gasteiger partial charge < -0.3 is 0 Å². The number of benzene rings is 1. The largest absolute Gasteiger partial charge is 0.252 e. The van der Waals surface area contributed by atoms with Crippen LogP contribution in [0.2, 0.25) is 0 Å². The van der Waals surface area contributed by atoms with Crippen molar-refractivity contribution in [3.63, 3.8) is 0 Å². The van der Waals surface area contributed by atoms with Gasteiger partial charge in [0.1, 0.15) is 0 Å². The molecule has 1 aromatic carbocycles. The summed E-state index contributed by atoms with van der Waals surface area (Å²) in [5.74, 6) is 1.13. The van der Waals surface area contributed by atoms with Crippen molar-refractivity contribution in [3.05, 3.63) is 48.5 Å². The molecule has 0 aliphatic carbocycles. The molecule has 0 spiro atoms. The van der Waals surface area contributed by atoms with E-state index in [1.807, 2.05) is 30.3 Å². The predicted octanol–water partition coefficient (Wildman–Crippen LogP) is 0.768. The molecule has 0 atom stereocenters. The summed E-state index contributed by atoms with van der Waals surface area (Å²) in [7, 11) is 0. The van der Waals surface area contributed by atoms with Crippen LogP contribution in [0, 0.1) is 0 Å². The van der Waals surface area contributed by atoms with Gasteiger partial charge in [0.25, 0.3) is 0 Å². The molecular formula is C12H11N7. The molecule has 0 unspecified atom stereocenters. The van der Waals surface area contributed by atoms with E-state index in [4.69, 9.17) is 0 Å². The van der Waals surface area contributed by atoms with Gasteiger partial charge in [-0.2, -0.15) is 0 Å². The van der Waals surface area contributed by atoms with Crippen LogP contribution in [0.15, 0.2) is 42.7 Å². The Morgan fingerprint density at radius 1 is 0.947 bits per heavy atom. The summed E-state index contributed by atoms with van der Waals surface area (Å²) in [4.78, 5) is 0. The average molecular weight is 253 g/mol. The molecule has 2 aromatic heterocycles. The minimum atomic E-state index is 0.533. The monoisotopic (exact) mass is 253 g/mol. The fraction of sp³-hybridized carbons (Fsp3) is 0.167. The van der Waals surface area contributed by atoms with Gasteiger partial charge >= 0.3 is 0 Å². The normalized spacial score (nSPS) is 10.5. The number of aromatic nitrogens is 7. The van der Waals surface area contributed by atoms with Crippen LogP contribution in [0.25, 0.3) is 11.4 Å². The molecule has 2 heterocycles. The van der Waals surface area contributed by atoms with Crippen LogP contribution in [0.1, 0.15) is 5.82 Å². The average Bonchev–Trinajstić information content (AvgIpc) is 3.00. The Morgan fingerprint density at radius 2 is 1.74 bits per heavy atom. The SMILES string of the molecule is c1ccc(-c2nnc(CCn3ccnn3)nn2)cc1. The summed E-state index contributed by atoms with van der Waals surface area (Å²) >= 11 is 0. The van der Waals surface area contributed by atoms with Crippen molar-refractivity contribution in [3.8, 4) is 11.4 Å². The van der Waals surface area contributed by atoms with Crippen LogP contribution in [-0.2, 0) is 13.0 Å². The maximum atomic E-state index is 4.08. The highest BCUT2D eigenvalue weighted by atomic mass is 15.4. The lowest BCUT2D eigenvalue weighted by Crippen LogP contribution is -2.08. The van der Waals surface area contributed by atoms with Crippen molar-refractivity contribution in [1.29, 1.82) is 0 Å². The smallest absolute Gasteiger partial charge is 0.203 e. The standard InChI is InChI=1S/C12H11N7/c1-2-4-10(5-3-1)12-16-14-11(15-17-12)6-8-19-9-7-13-18-19/h1-5,7,9H,6,8H2. The summed E-state index contributed by atoms with van der Waals surface area (Å²) in [5, 5.41) is 23.9. The van der Waals surface area contributed by atoms with Crippen LogP contribution in [0.4, 0.5) is 0 Å². The van der Waals surface area contributed by atoms with E-state index in [2.05, 4.69) is 30.7 Å². The van der Waals surface area contributed by atoms with Crippen molar-refractivity contribution in [2.75, 3.05) is 0 Å². The van der Waals surface area contributed by atoms with Gasteiger partial charge in [0, 0.05) is 24.7 Å². The van der Waals surface area contributed by atoms with Crippen LogP contribution in [0.5, 0.6) is 0 Å². The molecule has 0 radical (unpaired) electrons. The zero-order chi connectivity index (χ0) is 12.9. The summed E-state index contributed by atoms with van der Waals surface area (Å²) in [6, 6.07) is 9.65. The van der Waals surface area contributed by atoms with Crippen LogP contribution < -0.4 is 0 Å². The highest BCUT2D eigenvalue weighted by Gasteiger charge is 2.04. The topological polar surface area (TPSA) is 82.3 Å². The van der Waals surface area contributed by atoms with E-state index in [0.29, 0.717) is 24.6 Å². The van der Waals surface area contributed by atoms with Gasteiger partial charge in [-0.15, -0.1) is 25.5 Å². The van der Waals surface area contributed by atoms with Crippen LogP contribution >= 0.6 is 0 Å². The van der Waals surface area contributed by atoms with Gasteiger partial charge in [-0.05, 0) is 0 Å². The zero-order valence-electron chi connectivity index (χ0n) is 10.1. The predicted molar refractivity (Wildman–Crippen MR) is 66.8 cm³/mol. The Kier molecular flexibility index (Phi) is 3.18. The molecule has 94 valence electrons. The molecule has 0 amide bonds. The Bertz CT molecular complexity index is 619. The second-order valence-corrected chi connectivity index (χ2v) is 3.92. The summed E-state index contributed by atoms with van der Waals surface area (Å²) in [5.41, 5.74) is 0.908. The van der Waals surface area contributed by atoms with Crippen molar-refractivity contribution >= 4 is 0 Å². The van der Waals surface area contributed by atoms with Crippen LogP contribution in [0.3, 0.4) is 0 Å². The number of hydrogen-bond acceptors (Lipinski definition) is 6. The lowest BCUT2D eigenvalue weighted by Gasteiger charge is -2.00. The van der Waals surface area contributed by atoms with Gasteiger partial charge in [-0.1, -0.05) is 35.5 Å². The summed E-state index contributed by atoms with van der Waals surface area (Å²) < 4.78 is 1.72. The Labute approximate surface area is 109 Å². The first kappa shape index (κ1) is 11.4. The van der Waals surface area contributed by atoms with Gasteiger partial charge in [0.05, 0.1) is 6.20 Å². The quantitative estimate of drug-likeness (QED) is 0.683. The maximum absolute atomic E-state index is 4.08. The lowest BCUT2D eigenvalue weighted by atomic mass is 10.2. The van der Waals surface area contributed by atoms with E-state index in [1.54, 1.807) is 17.1 Å². The molecule has 7 nitrogen and oxygen atoms in total.